The minimum absolute atomic E-state index is 0.171. The standard InChI is InChI=1S/C17H21NO3/c19-16(13-9-14-4-5-15(10-13)18-14)11-2-1-3-12(8-11)17-20-6-7-21-17/h1-3,8,13-15,17-18H,4-7,9-10H2. The van der Waals surface area contributed by atoms with Crippen molar-refractivity contribution in [2.24, 2.45) is 5.92 Å². The first-order valence-corrected chi connectivity index (χ1v) is 7.93. The maximum absolute atomic E-state index is 12.8. The van der Waals surface area contributed by atoms with E-state index in [1.807, 2.05) is 24.3 Å². The minimum atomic E-state index is -0.304. The largest absolute Gasteiger partial charge is 0.346 e. The summed E-state index contributed by atoms with van der Waals surface area (Å²) in [6.45, 7) is 1.25. The fraction of sp³-hybridized carbons (Fsp3) is 0.588. The zero-order chi connectivity index (χ0) is 14.2. The molecule has 1 aromatic carbocycles. The molecule has 4 heteroatoms. The molecule has 0 aliphatic carbocycles. The van der Waals surface area contributed by atoms with Crippen LogP contribution in [-0.4, -0.2) is 31.1 Å². The number of carbonyl (C=O) groups is 1. The fourth-order valence-electron chi connectivity index (χ4n) is 3.90. The third-order valence-electron chi connectivity index (χ3n) is 4.91. The Bertz CT molecular complexity index is 527. The molecular weight excluding hydrogens is 266 g/mol. The van der Waals surface area contributed by atoms with Crippen LogP contribution in [0.1, 0.15) is 47.9 Å². The Labute approximate surface area is 124 Å². The summed E-state index contributed by atoms with van der Waals surface area (Å²) in [5.41, 5.74) is 1.76. The van der Waals surface area contributed by atoms with Gasteiger partial charge >= 0.3 is 0 Å². The average molecular weight is 287 g/mol. The maximum Gasteiger partial charge on any atom is 0.184 e. The molecule has 4 nitrogen and oxygen atoms in total. The zero-order valence-corrected chi connectivity index (χ0v) is 12.1. The molecule has 0 spiro atoms. The first-order valence-electron chi connectivity index (χ1n) is 7.93. The van der Waals surface area contributed by atoms with Crippen molar-refractivity contribution >= 4 is 5.78 Å². The van der Waals surface area contributed by atoms with Gasteiger partial charge in [-0.2, -0.15) is 0 Å². The van der Waals surface area contributed by atoms with Crippen molar-refractivity contribution in [1.29, 1.82) is 0 Å². The number of piperidine rings is 1. The topological polar surface area (TPSA) is 47.6 Å². The van der Waals surface area contributed by atoms with Crippen molar-refractivity contribution in [3.8, 4) is 0 Å². The highest BCUT2D eigenvalue weighted by atomic mass is 16.7. The predicted molar refractivity (Wildman–Crippen MR) is 78.1 cm³/mol. The van der Waals surface area contributed by atoms with Crippen molar-refractivity contribution in [3.05, 3.63) is 35.4 Å². The van der Waals surface area contributed by atoms with E-state index in [0.29, 0.717) is 25.3 Å². The highest BCUT2D eigenvalue weighted by Crippen LogP contribution is 2.33. The molecule has 3 aliphatic heterocycles. The van der Waals surface area contributed by atoms with Crippen molar-refractivity contribution in [3.63, 3.8) is 0 Å². The Morgan fingerprint density at radius 2 is 1.81 bits per heavy atom. The van der Waals surface area contributed by atoms with Gasteiger partial charge in [0.25, 0.3) is 0 Å². The second-order valence-electron chi connectivity index (χ2n) is 6.37. The van der Waals surface area contributed by atoms with Crippen molar-refractivity contribution in [2.45, 2.75) is 44.1 Å². The van der Waals surface area contributed by atoms with Crippen LogP contribution in [0.2, 0.25) is 0 Å². The second kappa shape index (κ2) is 5.52. The number of carbonyl (C=O) groups excluding carboxylic acids is 1. The summed E-state index contributed by atoms with van der Waals surface area (Å²) in [5, 5.41) is 3.59. The van der Waals surface area contributed by atoms with E-state index >= 15 is 0 Å². The zero-order valence-electron chi connectivity index (χ0n) is 12.1. The molecule has 1 aromatic rings. The molecule has 0 saturated carbocycles. The van der Waals surface area contributed by atoms with Gasteiger partial charge in [-0.05, 0) is 31.7 Å². The van der Waals surface area contributed by atoms with Crippen LogP contribution in [0, 0.1) is 5.92 Å². The number of nitrogens with one attached hydrogen (secondary N) is 1. The quantitative estimate of drug-likeness (QED) is 0.868. The van der Waals surface area contributed by atoms with Crippen LogP contribution >= 0.6 is 0 Å². The molecule has 112 valence electrons. The summed E-state index contributed by atoms with van der Waals surface area (Å²) < 4.78 is 11.0. The van der Waals surface area contributed by atoms with E-state index in [-0.39, 0.29) is 18.0 Å². The summed E-state index contributed by atoms with van der Waals surface area (Å²) in [6, 6.07) is 8.86. The van der Waals surface area contributed by atoms with Gasteiger partial charge in [0.05, 0.1) is 13.2 Å². The van der Waals surface area contributed by atoms with E-state index in [2.05, 4.69) is 5.32 Å². The summed E-state index contributed by atoms with van der Waals surface area (Å²) >= 11 is 0. The molecule has 4 rings (SSSR count). The number of benzene rings is 1. The lowest BCUT2D eigenvalue weighted by molar-refractivity contribution is -0.0441. The Morgan fingerprint density at radius 3 is 2.52 bits per heavy atom. The first kappa shape index (κ1) is 13.4. The number of rotatable bonds is 3. The summed E-state index contributed by atoms with van der Waals surface area (Å²) in [5.74, 6) is 0.456. The van der Waals surface area contributed by atoms with E-state index in [1.54, 1.807) is 0 Å². The molecule has 2 atom stereocenters. The monoisotopic (exact) mass is 287 g/mol. The van der Waals surface area contributed by atoms with Crippen LogP contribution in [0.25, 0.3) is 0 Å². The number of hydrogen-bond donors (Lipinski definition) is 1. The number of fused-ring (bicyclic) bond motifs is 2. The number of ketones is 1. The van der Waals surface area contributed by atoms with Crippen molar-refractivity contribution in [2.75, 3.05) is 13.2 Å². The molecule has 0 radical (unpaired) electrons. The van der Waals surface area contributed by atoms with Crippen LogP contribution in [0.4, 0.5) is 0 Å². The molecular formula is C17H21NO3. The highest BCUT2D eigenvalue weighted by Gasteiger charge is 2.36. The van der Waals surface area contributed by atoms with Gasteiger partial charge in [-0.1, -0.05) is 18.2 Å². The summed E-state index contributed by atoms with van der Waals surface area (Å²) in [4.78, 5) is 12.8. The van der Waals surface area contributed by atoms with Gasteiger partial charge in [0.1, 0.15) is 0 Å². The molecule has 1 N–H and O–H groups in total. The Morgan fingerprint density at radius 1 is 1.10 bits per heavy atom. The third-order valence-corrected chi connectivity index (χ3v) is 4.91. The van der Waals surface area contributed by atoms with E-state index in [0.717, 1.165) is 24.0 Å². The van der Waals surface area contributed by atoms with E-state index in [9.17, 15) is 4.79 Å². The SMILES string of the molecule is O=C(c1cccc(C2OCCO2)c1)C1CC2CCC(C1)N2. The van der Waals surface area contributed by atoms with Gasteiger partial charge in [0, 0.05) is 29.1 Å². The Balaban J connectivity index is 1.52. The molecule has 2 unspecified atom stereocenters. The molecule has 0 aromatic heterocycles. The predicted octanol–water partition coefficient (Wildman–Crippen LogP) is 2.45. The lowest BCUT2D eigenvalue weighted by Crippen LogP contribution is -2.40. The van der Waals surface area contributed by atoms with Gasteiger partial charge in [-0.3, -0.25) is 4.79 Å². The fourth-order valence-corrected chi connectivity index (χ4v) is 3.90. The van der Waals surface area contributed by atoms with Crippen LogP contribution in [0.3, 0.4) is 0 Å². The molecule has 0 amide bonds. The first-order chi connectivity index (χ1) is 10.3. The van der Waals surface area contributed by atoms with Crippen LogP contribution in [0.15, 0.2) is 24.3 Å². The van der Waals surface area contributed by atoms with Crippen LogP contribution in [-0.2, 0) is 9.47 Å². The van der Waals surface area contributed by atoms with Gasteiger partial charge in [0.2, 0.25) is 0 Å². The van der Waals surface area contributed by atoms with Gasteiger partial charge < -0.3 is 14.8 Å². The normalized spacial score (nSPS) is 32.5. The molecule has 3 fully saturated rings. The average Bonchev–Trinajstić information content (AvgIpc) is 3.16. The summed E-state index contributed by atoms with van der Waals surface area (Å²) in [6.07, 6.45) is 4.10. The van der Waals surface area contributed by atoms with E-state index in [1.165, 1.54) is 12.8 Å². The summed E-state index contributed by atoms with van der Waals surface area (Å²) in [7, 11) is 0. The van der Waals surface area contributed by atoms with Crippen molar-refractivity contribution in [1.82, 2.24) is 5.32 Å². The van der Waals surface area contributed by atoms with Crippen LogP contribution in [0.5, 0.6) is 0 Å². The second-order valence-corrected chi connectivity index (χ2v) is 6.37. The van der Waals surface area contributed by atoms with E-state index < -0.39 is 0 Å². The lowest BCUT2D eigenvalue weighted by atomic mass is 9.85. The molecule has 3 saturated heterocycles. The van der Waals surface area contributed by atoms with Gasteiger partial charge in [-0.25, -0.2) is 0 Å². The molecule has 21 heavy (non-hydrogen) atoms. The van der Waals surface area contributed by atoms with Crippen LogP contribution < -0.4 is 5.32 Å². The smallest absolute Gasteiger partial charge is 0.184 e. The number of hydrogen-bond acceptors (Lipinski definition) is 4. The number of ether oxygens (including phenoxy) is 2. The van der Waals surface area contributed by atoms with Crippen molar-refractivity contribution < 1.29 is 14.3 Å². The lowest BCUT2D eigenvalue weighted by Gasteiger charge is -2.28. The third kappa shape index (κ3) is 2.63. The van der Waals surface area contributed by atoms with Gasteiger partial charge in [0.15, 0.2) is 12.1 Å². The maximum atomic E-state index is 12.8. The van der Waals surface area contributed by atoms with Gasteiger partial charge in [-0.15, -0.1) is 0 Å². The molecule has 3 aliphatic rings. The Kier molecular flexibility index (Phi) is 3.53. The van der Waals surface area contributed by atoms with E-state index in [4.69, 9.17) is 9.47 Å². The highest BCUT2D eigenvalue weighted by molar-refractivity contribution is 5.98. The minimum Gasteiger partial charge on any atom is -0.346 e. The molecule has 2 bridgehead atoms. The molecule has 3 heterocycles. The Hall–Kier alpha value is -1.23. The number of Topliss-reactive ketones (excluding diaryl/α,β-unsaturated/α-hetero) is 1.